The third-order valence-corrected chi connectivity index (χ3v) is 3.81. The van der Waals surface area contributed by atoms with Crippen molar-refractivity contribution < 1.29 is 9.90 Å². The Labute approximate surface area is 79.3 Å². The second-order valence-electron chi connectivity index (χ2n) is 5.11. The zero-order valence-corrected chi connectivity index (χ0v) is 8.20. The van der Waals surface area contributed by atoms with Gasteiger partial charge < -0.3 is 9.90 Å². The molecule has 2 bridgehead atoms. The summed E-state index contributed by atoms with van der Waals surface area (Å²) >= 11 is 0. The van der Waals surface area contributed by atoms with Gasteiger partial charge in [0.2, 0.25) is 0 Å². The molecule has 0 radical (unpaired) electrons. The Hall–Kier alpha value is -0.370. The van der Waals surface area contributed by atoms with Crippen LogP contribution < -0.4 is 0 Å². The summed E-state index contributed by atoms with van der Waals surface area (Å²) < 4.78 is 0. The Morgan fingerprint density at radius 1 is 1.46 bits per heavy atom. The van der Waals surface area contributed by atoms with Gasteiger partial charge in [-0.1, -0.05) is 6.42 Å². The van der Waals surface area contributed by atoms with Crippen LogP contribution in [0.1, 0.15) is 39.0 Å². The van der Waals surface area contributed by atoms with E-state index in [9.17, 15) is 9.90 Å². The Kier molecular flexibility index (Phi) is 2.18. The highest BCUT2D eigenvalue weighted by Crippen LogP contribution is 2.50. The van der Waals surface area contributed by atoms with Crippen molar-refractivity contribution in [3.05, 3.63) is 0 Å². The molecule has 2 aliphatic carbocycles. The van der Waals surface area contributed by atoms with Crippen LogP contribution in [0.15, 0.2) is 0 Å². The van der Waals surface area contributed by atoms with Gasteiger partial charge in [0.05, 0.1) is 0 Å². The molecule has 2 saturated carbocycles. The Balaban J connectivity index is 1.93. The second-order valence-corrected chi connectivity index (χ2v) is 5.11. The topological polar surface area (TPSA) is 37.3 Å². The minimum absolute atomic E-state index is 0.610. The third kappa shape index (κ3) is 1.78. The van der Waals surface area contributed by atoms with E-state index in [4.69, 9.17) is 0 Å². The summed E-state index contributed by atoms with van der Waals surface area (Å²) in [5.41, 5.74) is -1.07. The van der Waals surface area contributed by atoms with Crippen molar-refractivity contribution in [1.29, 1.82) is 0 Å². The first-order valence-electron chi connectivity index (χ1n) is 5.29. The molecular formula is C11H18O2. The summed E-state index contributed by atoms with van der Waals surface area (Å²) in [5, 5.41) is 9.64. The zero-order valence-electron chi connectivity index (χ0n) is 8.20. The van der Waals surface area contributed by atoms with Crippen LogP contribution in [0.25, 0.3) is 0 Å². The van der Waals surface area contributed by atoms with Gasteiger partial charge in [-0.05, 0) is 50.4 Å². The van der Waals surface area contributed by atoms with E-state index in [1.54, 1.807) is 6.92 Å². The molecule has 0 aliphatic heterocycles. The lowest BCUT2D eigenvalue weighted by molar-refractivity contribution is -0.124. The molecule has 4 atom stereocenters. The maximum Gasteiger partial charge on any atom is 0.151 e. The normalized spacial score (nSPS) is 41.8. The van der Waals surface area contributed by atoms with E-state index in [-0.39, 0.29) is 0 Å². The lowest BCUT2D eigenvalue weighted by Gasteiger charge is -2.26. The monoisotopic (exact) mass is 182 g/mol. The van der Waals surface area contributed by atoms with Crippen LogP contribution in [0, 0.1) is 17.8 Å². The molecule has 2 aliphatic rings. The number of carbonyl (C=O) groups is 1. The van der Waals surface area contributed by atoms with Gasteiger partial charge in [0.1, 0.15) is 5.60 Å². The number of fused-ring (bicyclic) bond motifs is 2. The molecule has 0 heterocycles. The fourth-order valence-corrected chi connectivity index (χ4v) is 3.21. The maximum absolute atomic E-state index is 10.6. The minimum atomic E-state index is -1.07. The van der Waals surface area contributed by atoms with Crippen molar-refractivity contribution in [3.63, 3.8) is 0 Å². The van der Waals surface area contributed by atoms with E-state index in [0.29, 0.717) is 18.6 Å². The first-order valence-corrected chi connectivity index (χ1v) is 5.29. The van der Waals surface area contributed by atoms with Crippen LogP contribution in [-0.2, 0) is 4.79 Å². The second kappa shape index (κ2) is 3.09. The molecular weight excluding hydrogens is 164 g/mol. The average Bonchev–Trinajstić information content (AvgIpc) is 2.64. The third-order valence-electron chi connectivity index (χ3n) is 3.81. The standard InChI is InChI=1S/C11H18O2/c1-11(13,7-12)6-10-5-8-2-3-9(10)4-8/h7-10,13H,2-6H2,1H3/t8-,9-,10-,11-/m1/s1. The van der Waals surface area contributed by atoms with Gasteiger partial charge in [0.25, 0.3) is 0 Å². The number of hydrogen-bond donors (Lipinski definition) is 1. The largest absolute Gasteiger partial charge is 0.383 e. The van der Waals surface area contributed by atoms with Crippen molar-refractivity contribution >= 4 is 6.29 Å². The summed E-state index contributed by atoms with van der Waals surface area (Å²) in [7, 11) is 0. The van der Waals surface area contributed by atoms with Gasteiger partial charge in [-0.25, -0.2) is 0 Å². The first-order chi connectivity index (χ1) is 6.11. The van der Waals surface area contributed by atoms with Crippen molar-refractivity contribution in [2.45, 2.75) is 44.6 Å². The van der Waals surface area contributed by atoms with Gasteiger partial charge in [0.15, 0.2) is 6.29 Å². The van der Waals surface area contributed by atoms with Gasteiger partial charge in [-0.3, -0.25) is 0 Å². The Morgan fingerprint density at radius 3 is 2.69 bits per heavy atom. The van der Waals surface area contributed by atoms with E-state index in [0.717, 1.165) is 11.8 Å². The highest BCUT2D eigenvalue weighted by molar-refractivity contribution is 5.61. The highest BCUT2D eigenvalue weighted by atomic mass is 16.3. The van der Waals surface area contributed by atoms with Gasteiger partial charge in [-0.2, -0.15) is 0 Å². The number of carbonyl (C=O) groups excluding carboxylic acids is 1. The summed E-state index contributed by atoms with van der Waals surface area (Å²) in [4.78, 5) is 10.6. The molecule has 1 N–H and O–H groups in total. The number of rotatable bonds is 3. The van der Waals surface area contributed by atoms with Gasteiger partial charge in [0, 0.05) is 0 Å². The predicted octanol–water partition coefficient (Wildman–Crippen LogP) is 1.76. The maximum atomic E-state index is 10.6. The molecule has 0 saturated heterocycles. The molecule has 2 nitrogen and oxygen atoms in total. The summed E-state index contributed by atoms with van der Waals surface area (Å²) in [6.45, 7) is 1.63. The van der Waals surface area contributed by atoms with Gasteiger partial charge in [-0.15, -0.1) is 0 Å². The molecule has 0 aromatic heterocycles. The summed E-state index contributed by atoms with van der Waals surface area (Å²) in [6.07, 6.45) is 6.67. The van der Waals surface area contributed by atoms with Gasteiger partial charge >= 0.3 is 0 Å². The van der Waals surface area contributed by atoms with Crippen LogP contribution in [-0.4, -0.2) is 17.0 Å². The SMILES string of the molecule is C[C@](O)(C=O)C[C@H]1C[C@@H]2CC[C@@H]1C2. The fourth-order valence-electron chi connectivity index (χ4n) is 3.21. The van der Waals surface area contributed by atoms with E-state index < -0.39 is 5.60 Å². The number of aldehydes is 1. The Morgan fingerprint density at radius 2 is 2.23 bits per heavy atom. The van der Waals surface area contributed by atoms with Crippen molar-refractivity contribution in [3.8, 4) is 0 Å². The van der Waals surface area contributed by atoms with E-state index >= 15 is 0 Å². The summed E-state index contributed by atoms with van der Waals surface area (Å²) in [6, 6.07) is 0. The predicted molar refractivity (Wildman–Crippen MR) is 50.2 cm³/mol. The van der Waals surface area contributed by atoms with Crippen LogP contribution in [0.3, 0.4) is 0 Å². The van der Waals surface area contributed by atoms with E-state index in [2.05, 4.69) is 0 Å². The lowest BCUT2D eigenvalue weighted by Crippen LogP contribution is -2.31. The number of aliphatic hydroxyl groups is 1. The quantitative estimate of drug-likeness (QED) is 0.675. The molecule has 0 amide bonds. The van der Waals surface area contributed by atoms with Crippen molar-refractivity contribution in [1.82, 2.24) is 0 Å². The first kappa shape index (κ1) is 9.20. The molecule has 13 heavy (non-hydrogen) atoms. The van der Waals surface area contributed by atoms with Crippen LogP contribution in [0.5, 0.6) is 0 Å². The average molecular weight is 182 g/mol. The fraction of sp³-hybridized carbons (Fsp3) is 0.909. The molecule has 0 aromatic carbocycles. The molecule has 74 valence electrons. The van der Waals surface area contributed by atoms with Crippen molar-refractivity contribution in [2.24, 2.45) is 17.8 Å². The summed E-state index contributed by atoms with van der Waals surface area (Å²) in [5.74, 6) is 2.31. The highest BCUT2D eigenvalue weighted by Gasteiger charge is 2.41. The van der Waals surface area contributed by atoms with Crippen LogP contribution >= 0.6 is 0 Å². The molecule has 0 unspecified atom stereocenters. The molecule has 2 rings (SSSR count). The molecule has 2 fully saturated rings. The van der Waals surface area contributed by atoms with E-state index in [1.165, 1.54) is 25.7 Å². The van der Waals surface area contributed by atoms with Crippen LogP contribution in [0.2, 0.25) is 0 Å². The zero-order chi connectivity index (χ0) is 9.47. The number of hydrogen-bond acceptors (Lipinski definition) is 2. The molecule has 2 heteroatoms. The molecule has 0 spiro atoms. The smallest absolute Gasteiger partial charge is 0.151 e. The minimum Gasteiger partial charge on any atom is -0.383 e. The lowest BCUT2D eigenvalue weighted by atomic mass is 9.81. The Bertz CT molecular complexity index is 210. The van der Waals surface area contributed by atoms with E-state index in [1.807, 2.05) is 0 Å². The van der Waals surface area contributed by atoms with Crippen LogP contribution in [0.4, 0.5) is 0 Å². The van der Waals surface area contributed by atoms with Crippen molar-refractivity contribution in [2.75, 3.05) is 0 Å². The molecule has 0 aromatic rings.